The van der Waals surface area contributed by atoms with E-state index in [1.807, 2.05) is 0 Å². The molecule has 4 rings (SSSR count). The van der Waals surface area contributed by atoms with Crippen LogP contribution in [-0.2, 0) is 6.42 Å². The van der Waals surface area contributed by atoms with Crippen LogP contribution in [0.15, 0.2) is 42.5 Å². The lowest BCUT2D eigenvalue weighted by Gasteiger charge is -2.35. The summed E-state index contributed by atoms with van der Waals surface area (Å²) in [7, 11) is 3.39. The Morgan fingerprint density at radius 3 is 2.39 bits per heavy atom. The molecule has 2 heterocycles. The van der Waals surface area contributed by atoms with Crippen LogP contribution in [0.5, 0.6) is 11.5 Å². The van der Waals surface area contributed by atoms with Crippen molar-refractivity contribution in [2.75, 3.05) is 39.2 Å². The molecule has 0 bridgehead atoms. The number of fused-ring (bicyclic) bond motifs is 1. The second-order valence-electron chi connectivity index (χ2n) is 8.50. The van der Waals surface area contributed by atoms with Gasteiger partial charge in [-0.2, -0.15) is 0 Å². The van der Waals surface area contributed by atoms with Gasteiger partial charge in [0, 0.05) is 23.8 Å². The fourth-order valence-electron chi connectivity index (χ4n) is 4.74. The number of hydrogen-bond donors (Lipinski definition) is 1. The maximum Gasteiger partial charge on any atom is 0.162 e. The molecule has 0 radical (unpaired) electrons. The number of ether oxygens (including phenoxy) is 2. The summed E-state index contributed by atoms with van der Waals surface area (Å²) in [6.07, 6.45) is 4.71. The normalized spacial score (nSPS) is 22.5. The Hall–Kier alpha value is -2.20. The van der Waals surface area contributed by atoms with Crippen LogP contribution in [0, 0.1) is 0 Å². The van der Waals surface area contributed by atoms with Gasteiger partial charge < -0.3 is 19.7 Å². The predicted octanol–water partition coefficient (Wildman–Crippen LogP) is 4.70. The van der Waals surface area contributed by atoms with Crippen LogP contribution in [0.4, 0.5) is 5.69 Å². The highest BCUT2D eigenvalue weighted by molar-refractivity contribution is 5.65. The van der Waals surface area contributed by atoms with E-state index < -0.39 is 0 Å². The highest BCUT2D eigenvalue weighted by Gasteiger charge is 2.34. The van der Waals surface area contributed by atoms with Crippen LogP contribution in [-0.4, -0.2) is 44.3 Å². The summed E-state index contributed by atoms with van der Waals surface area (Å²) in [5.74, 6) is 2.33. The van der Waals surface area contributed by atoms with E-state index in [9.17, 15) is 0 Å². The summed E-state index contributed by atoms with van der Waals surface area (Å²) in [6.45, 7) is 5.88. The van der Waals surface area contributed by atoms with Crippen LogP contribution in [0.3, 0.4) is 0 Å². The van der Waals surface area contributed by atoms with Crippen LogP contribution in [0.1, 0.15) is 43.2 Å². The van der Waals surface area contributed by atoms with Crippen molar-refractivity contribution >= 4 is 5.69 Å². The number of benzene rings is 2. The molecule has 2 aliphatic rings. The third-order valence-electron chi connectivity index (χ3n) is 6.46. The van der Waals surface area contributed by atoms with Gasteiger partial charge in [-0.1, -0.05) is 30.3 Å². The average Bonchev–Trinajstić information content (AvgIpc) is 3.07. The van der Waals surface area contributed by atoms with Crippen molar-refractivity contribution in [3.05, 3.63) is 53.6 Å². The molecular formula is C24H32N2O2. The summed E-state index contributed by atoms with van der Waals surface area (Å²) in [6, 6.07) is 15.2. The summed E-state index contributed by atoms with van der Waals surface area (Å²) in [5, 5.41) is 3.75. The molecule has 28 heavy (non-hydrogen) atoms. The molecule has 0 amide bonds. The lowest BCUT2D eigenvalue weighted by atomic mass is 9.88. The van der Waals surface area contributed by atoms with Crippen molar-refractivity contribution < 1.29 is 9.47 Å². The molecule has 4 heteroatoms. The number of rotatable bonds is 6. The van der Waals surface area contributed by atoms with Crippen LogP contribution in [0.25, 0.3) is 0 Å². The number of anilines is 1. The number of hydrogen-bond acceptors (Lipinski definition) is 4. The molecule has 2 aromatic carbocycles. The van der Waals surface area contributed by atoms with Gasteiger partial charge in [0.2, 0.25) is 0 Å². The van der Waals surface area contributed by atoms with Gasteiger partial charge in [0.15, 0.2) is 11.5 Å². The highest BCUT2D eigenvalue weighted by atomic mass is 16.5. The van der Waals surface area contributed by atoms with E-state index in [4.69, 9.17) is 9.47 Å². The monoisotopic (exact) mass is 380 g/mol. The van der Waals surface area contributed by atoms with Crippen molar-refractivity contribution in [2.24, 2.45) is 0 Å². The largest absolute Gasteiger partial charge is 0.493 e. The summed E-state index contributed by atoms with van der Waals surface area (Å²) in [4.78, 5) is 2.64. The van der Waals surface area contributed by atoms with Gasteiger partial charge in [-0.25, -0.2) is 0 Å². The number of likely N-dealkylation sites (tertiary alicyclic amines) is 1. The van der Waals surface area contributed by atoms with Crippen LogP contribution >= 0.6 is 0 Å². The highest BCUT2D eigenvalue weighted by Crippen LogP contribution is 2.41. The van der Waals surface area contributed by atoms with E-state index in [0.717, 1.165) is 36.8 Å². The lowest BCUT2D eigenvalue weighted by molar-refractivity contribution is 0.198. The minimum atomic E-state index is 0.0932. The van der Waals surface area contributed by atoms with Crippen molar-refractivity contribution in [1.29, 1.82) is 0 Å². The summed E-state index contributed by atoms with van der Waals surface area (Å²) < 4.78 is 10.9. The zero-order valence-corrected chi connectivity index (χ0v) is 17.3. The molecule has 1 atom stereocenters. The predicted molar refractivity (Wildman–Crippen MR) is 115 cm³/mol. The van der Waals surface area contributed by atoms with Gasteiger partial charge in [0.25, 0.3) is 0 Å². The molecule has 1 N–H and O–H groups in total. The van der Waals surface area contributed by atoms with Crippen LogP contribution in [0.2, 0.25) is 0 Å². The summed E-state index contributed by atoms with van der Waals surface area (Å²) in [5.41, 5.74) is 4.10. The Morgan fingerprint density at radius 1 is 1.04 bits per heavy atom. The van der Waals surface area contributed by atoms with Gasteiger partial charge in [-0.3, -0.25) is 0 Å². The minimum absolute atomic E-state index is 0.0932. The molecule has 1 fully saturated rings. The topological polar surface area (TPSA) is 33.7 Å². The van der Waals surface area contributed by atoms with Crippen molar-refractivity contribution in [3.8, 4) is 11.5 Å². The molecule has 1 saturated heterocycles. The second kappa shape index (κ2) is 8.04. The Balaban J connectivity index is 1.32. The first-order valence-electron chi connectivity index (χ1n) is 10.4. The Labute approximate surface area is 168 Å². The SMILES string of the molecule is COc1cc2c(cc1OC)NC(C)(CCN1CCC(c3ccccc3)CC1)C2. The molecule has 4 nitrogen and oxygen atoms in total. The van der Waals surface area contributed by atoms with E-state index in [1.54, 1.807) is 14.2 Å². The lowest BCUT2D eigenvalue weighted by Crippen LogP contribution is -2.40. The summed E-state index contributed by atoms with van der Waals surface area (Å²) >= 11 is 0. The maximum atomic E-state index is 5.47. The Bertz CT molecular complexity index is 765. The molecule has 0 spiro atoms. The molecule has 0 aliphatic carbocycles. The zero-order chi connectivity index (χ0) is 19.6. The zero-order valence-electron chi connectivity index (χ0n) is 17.3. The number of nitrogens with zero attached hydrogens (tertiary/aromatic N) is 1. The van der Waals surface area contributed by atoms with E-state index in [0.29, 0.717) is 0 Å². The minimum Gasteiger partial charge on any atom is -0.493 e. The quantitative estimate of drug-likeness (QED) is 0.788. The van der Waals surface area contributed by atoms with Gasteiger partial charge >= 0.3 is 0 Å². The van der Waals surface area contributed by atoms with Gasteiger partial charge in [-0.15, -0.1) is 0 Å². The standard InChI is InChI=1S/C24H32N2O2/c1-24(17-20-15-22(27-2)23(28-3)16-21(20)25-24)11-14-26-12-9-19(10-13-26)18-7-5-4-6-8-18/h4-8,15-16,19,25H,9-14,17H2,1-3H3. The van der Waals surface area contributed by atoms with Gasteiger partial charge in [0.05, 0.1) is 14.2 Å². The fraction of sp³-hybridized carbons (Fsp3) is 0.500. The molecular weight excluding hydrogens is 348 g/mol. The molecule has 2 aliphatic heterocycles. The van der Waals surface area contributed by atoms with E-state index in [2.05, 4.69) is 59.6 Å². The van der Waals surface area contributed by atoms with E-state index in [1.165, 1.54) is 42.7 Å². The van der Waals surface area contributed by atoms with Gasteiger partial charge in [0.1, 0.15) is 0 Å². The van der Waals surface area contributed by atoms with Gasteiger partial charge in [-0.05, 0) is 68.8 Å². The van der Waals surface area contributed by atoms with E-state index >= 15 is 0 Å². The Morgan fingerprint density at radius 2 is 1.71 bits per heavy atom. The van der Waals surface area contributed by atoms with Crippen LogP contribution < -0.4 is 14.8 Å². The van der Waals surface area contributed by atoms with Crippen molar-refractivity contribution in [3.63, 3.8) is 0 Å². The first kappa shape index (κ1) is 19.1. The fourth-order valence-corrected chi connectivity index (χ4v) is 4.74. The number of methoxy groups -OCH3 is 2. The molecule has 1 unspecified atom stereocenters. The molecule has 0 saturated carbocycles. The second-order valence-corrected chi connectivity index (χ2v) is 8.50. The third-order valence-corrected chi connectivity index (χ3v) is 6.46. The van der Waals surface area contributed by atoms with E-state index in [-0.39, 0.29) is 5.54 Å². The molecule has 2 aromatic rings. The molecule has 150 valence electrons. The number of piperidine rings is 1. The molecule has 0 aromatic heterocycles. The van der Waals surface area contributed by atoms with Crippen molar-refractivity contribution in [2.45, 2.75) is 44.1 Å². The average molecular weight is 381 g/mol. The first-order valence-corrected chi connectivity index (χ1v) is 10.4. The Kier molecular flexibility index (Phi) is 5.49. The first-order chi connectivity index (χ1) is 13.6. The number of nitrogens with one attached hydrogen (secondary N) is 1. The smallest absolute Gasteiger partial charge is 0.162 e. The van der Waals surface area contributed by atoms with Crippen molar-refractivity contribution in [1.82, 2.24) is 4.90 Å². The maximum absolute atomic E-state index is 5.47. The third kappa shape index (κ3) is 3.97.